The van der Waals surface area contributed by atoms with Crippen LogP contribution < -0.4 is 4.74 Å². The van der Waals surface area contributed by atoms with Crippen LogP contribution in [-0.4, -0.2) is 30.4 Å². The fourth-order valence-electron chi connectivity index (χ4n) is 1.51. The van der Waals surface area contributed by atoms with Crippen LogP contribution in [0.4, 0.5) is 14.5 Å². The van der Waals surface area contributed by atoms with Gasteiger partial charge in [0.1, 0.15) is 5.82 Å². The van der Waals surface area contributed by atoms with Crippen molar-refractivity contribution in [2.24, 2.45) is 0 Å². The topological polar surface area (TPSA) is 61.6 Å². The number of benzene rings is 1. The minimum Gasteiger partial charge on any atom is -0.478 e. The number of nitro groups is 1. The zero-order valence-corrected chi connectivity index (χ0v) is 8.64. The molecule has 1 heterocycles. The molecule has 1 saturated heterocycles. The third kappa shape index (κ3) is 2.50. The molecule has 7 heteroatoms. The maximum atomic E-state index is 13.2. The number of rotatable bonds is 3. The molecular formula is C10H9F2NO4. The maximum Gasteiger partial charge on any atom is 0.311 e. The van der Waals surface area contributed by atoms with E-state index in [1.165, 1.54) is 0 Å². The summed E-state index contributed by atoms with van der Waals surface area (Å²) in [6, 6.07) is 2.79. The molecule has 1 aromatic carbocycles. The standard InChI is InChI=1S/C10H9F2NO4/c11-6-1-2-8(13(14)15)9(3-6)17-10-5-16-4-7(10)12/h1-3,7,10H,4-5H2/t7-,10-/m0/s1. The van der Waals surface area contributed by atoms with Gasteiger partial charge in [0.2, 0.25) is 0 Å². The van der Waals surface area contributed by atoms with E-state index in [9.17, 15) is 18.9 Å². The molecule has 0 aliphatic carbocycles. The predicted octanol–water partition coefficient (Wildman–Crippen LogP) is 1.85. The molecular weight excluding hydrogens is 236 g/mol. The number of hydrogen-bond donors (Lipinski definition) is 0. The Morgan fingerprint density at radius 2 is 2.24 bits per heavy atom. The average molecular weight is 245 g/mol. The normalized spacial score (nSPS) is 23.6. The molecule has 92 valence electrons. The minimum atomic E-state index is -1.36. The number of halogens is 2. The van der Waals surface area contributed by atoms with Gasteiger partial charge in [-0.05, 0) is 6.07 Å². The van der Waals surface area contributed by atoms with Gasteiger partial charge in [-0.25, -0.2) is 8.78 Å². The summed E-state index contributed by atoms with van der Waals surface area (Å²) in [5.41, 5.74) is -0.398. The second kappa shape index (κ2) is 4.62. The Kier molecular flexibility index (Phi) is 3.19. The Morgan fingerprint density at radius 1 is 1.47 bits per heavy atom. The Morgan fingerprint density at radius 3 is 2.82 bits per heavy atom. The van der Waals surface area contributed by atoms with Crippen LogP contribution >= 0.6 is 0 Å². The lowest BCUT2D eigenvalue weighted by molar-refractivity contribution is -0.386. The van der Waals surface area contributed by atoms with E-state index in [1.807, 2.05) is 0 Å². The molecule has 5 nitrogen and oxygen atoms in total. The fourth-order valence-corrected chi connectivity index (χ4v) is 1.51. The van der Waals surface area contributed by atoms with E-state index in [4.69, 9.17) is 9.47 Å². The molecule has 1 aliphatic rings. The molecule has 1 aromatic rings. The van der Waals surface area contributed by atoms with Gasteiger partial charge in [0.05, 0.1) is 18.1 Å². The van der Waals surface area contributed by atoms with E-state index in [0.717, 1.165) is 18.2 Å². The van der Waals surface area contributed by atoms with Crippen LogP contribution in [0.2, 0.25) is 0 Å². The van der Waals surface area contributed by atoms with Crippen molar-refractivity contribution in [2.45, 2.75) is 12.3 Å². The summed E-state index contributed by atoms with van der Waals surface area (Å²) in [6.45, 7) is -0.122. The molecule has 0 amide bonds. The Labute approximate surface area is 95.1 Å². The number of ether oxygens (including phenoxy) is 2. The van der Waals surface area contributed by atoms with Crippen molar-refractivity contribution in [3.05, 3.63) is 34.1 Å². The van der Waals surface area contributed by atoms with Gasteiger partial charge in [0.25, 0.3) is 0 Å². The zero-order valence-electron chi connectivity index (χ0n) is 8.64. The number of nitrogens with zero attached hydrogens (tertiary/aromatic N) is 1. The van der Waals surface area contributed by atoms with Gasteiger partial charge in [-0.15, -0.1) is 0 Å². The highest BCUT2D eigenvalue weighted by molar-refractivity contribution is 5.46. The molecule has 0 N–H and O–H groups in total. The van der Waals surface area contributed by atoms with Crippen LogP contribution in [0.25, 0.3) is 0 Å². The van der Waals surface area contributed by atoms with Crippen molar-refractivity contribution < 1.29 is 23.2 Å². The molecule has 2 atom stereocenters. The summed E-state index contributed by atoms with van der Waals surface area (Å²) in [6.07, 6.45) is -2.30. The molecule has 0 saturated carbocycles. The first-order valence-corrected chi connectivity index (χ1v) is 4.90. The quantitative estimate of drug-likeness (QED) is 0.602. The third-order valence-electron chi connectivity index (χ3n) is 2.36. The second-order valence-electron chi connectivity index (χ2n) is 3.58. The fraction of sp³-hybridized carbons (Fsp3) is 0.400. The van der Waals surface area contributed by atoms with Gasteiger partial charge in [0, 0.05) is 12.1 Å². The van der Waals surface area contributed by atoms with Crippen LogP contribution in [-0.2, 0) is 4.74 Å². The molecule has 0 bridgehead atoms. The number of hydrogen-bond acceptors (Lipinski definition) is 4. The van der Waals surface area contributed by atoms with Crippen LogP contribution in [0.5, 0.6) is 5.75 Å². The lowest BCUT2D eigenvalue weighted by Gasteiger charge is -2.13. The number of nitro benzene ring substituents is 1. The van der Waals surface area contributed by atoms with Crippen molar-refractivity contribution in [3.63, 3.8) is 0 Å². The summed E-state index contributed by atoms with van der Waals surface area (Å²) >= 11 is 0. The Hall–Kier alpha value is -1.76. The van der Waals surface area contributed by atoms with E-state index >= 15 is 0 Å². The smallest absolute Gasteiger partial charge is 0.311 e. The van der Waals surface area contributed by atoms with Gasteiger partial charge in [-0.3, -0.25) is 10.1 Å². The van der Waals surface area contributed by atoms with Crippen molar-refractivity contribution in [2.75, 3.05) is 13.2 Å². The lowest BCUT2D eigenvalue weighted by atomic mass is 10.2. The van der Waals surface area contributed by atoms with Crippen LogP contribution in [0.15, 0.2) is 18.2 Å². The summed E-state index contributed by atoms with van der Waals surface area (Å²) in [4.78, 5) is 9.96. The monoisotopic (exact) mass is 245 g/mol. The summed E-state index contributed by atoms with van der Waals surface area (Å²) in [5, 5.41) is 10.7. The largest absolute Gasteiger partial charge is 0.478 e. The van der Waals surface area contributed by atoms with E-state index in [2.05, 4.69) is 0 Å². The SMILES string of the molecule is O=[N+]([O-])c1ccc(F)cc1O[C@H]1COC[C@@H]1F. The van der Waals surface area contributed by atoms with Gasteiger partial charge < -0.3 is 9.47 Å². The molecule has 1 aliphatic heterocycles. The van der Waals surface area contributed by atoms with E-state index < -0.39 is 28.7 Å². The van der Waals surface area contributed by atoms with Gasteiger partial charge in [0.15, 0.2) is 18.0 Å². The Bertz CT molecular complexity index is 440. The van der Waals surface area contributed by atoms with E-state index in [0.29, 0.717) is 0 Å². The molecule has 1 fully saturated rings. The van der Waals surface area contributed by atoms with Crippen molar-refractivity contribution in [1.82, 2.24) is 0 Å². The number of alkyl halides is 1. The molecule has 0 spiro atoms. The first-order chi connectivity index (χ1) is 8.08. The lowest BCUT2D eigenvalue weighted by Crippen LogP contribution is -2.26. The summed E-state index contributed by atoms with van der Waals surface area (Å²) in [5.74, 6) is -0.965. The predicted molar refractivity (Wildman–Crippen MR) is 53.2 cm³/mol. The van der Waals surface area contributed by atoms with Crippen molar-refractivity contribution in [1.29, 1.82) is 0 Å². The van der Waals surface area contributed by atoms with Crippen LogP contribution in [0, 0.1) is 15.9 Å². The highest BCUT2D eigenvalue weighted by Gasteiger charge is 2.31. The first-order valence-electron chi connectivity index (χ1n) is 4.90. The van der Waals surface area contributed by atoms with Crippen LogP contribution in [0.3, 0.4) is 0 Å². The summed E-state index contributed by atoms with van der Waals surface area (Å²) < 4.78 is 36.0. The molecule has 0 radical (unpaired) electrons. The average Bonchev–Trinajstić information content (AvgIpc) is 2.64. The third-order valence-corrected chi connectivity index (χ3v) is 2.36. The zero-order chi connectivity index (χ0) is 12.4. The highest BCUT2D eigenvalue weighted by Crippen LogP contribution is 2.30. The van der Waals surface area contributed by atoms with Gasteiger partial charge >= 0.3 is 5.69 Å². The molecule has 2 rings (SSSR count). The molecule has 0 aromatic heterocycles. The van der Waals surface area contributed by atoms with Crippen molar-refractivity contribution in [3.8, 4) is 5.75 Å². The second-order valence-corrected chi connectivity index (χ2v) is 3.58. The molecule has 0 unspecified atom stereocenters. The van der Waals surface area contributed by atoms with E-state index in [-0.39, 0.29) is 19.0 Å². The van der Waals surface area contributed by atoms with Crippen LogP contribution in [0.1, 0.15) is 0 Å². The summed E-state index contributed by atoms with van der Waals surface area (Å²) in [7, 11) is 0. The molecule has 17 heavy (non-hydrogen) atoms. The van der Waals surface area contributed by atoms with Gasteiger partial charge in [-0.2, -0.15) is 0 Å². The minimum absolute atomic E-state index is 0.00512. The Balaban J connectivity index is 2.24. The first kappa shape index (κ1) is 11.7. The van der Waals surface area contributed by atoms with Gasteiger partial charge in [-0.1, -0.05) is 0 Å². The highest BCUT2D eigenvalue weighted by atomic mass is 19.1. The van der Waals surface area contributed by atoms with E-state index in [1.54, 1.807) is 0 Å². The van der Waals surface area contributed by atoms with Crippen molar-refractivity contribution >= 4 is 5.69 Å². The maximum absolute atomic E-state index is 13.2.